The first-order chi connectivity index (χ1) is 8.20. The van der Waals surface area contributed by atoms with Gasteiger partial charge in [-0.2, -0.15) is 0 Å². The van der Waals surface area contributed by atoms with Crippen LogP contribution in [0.25, 0.3) is 11.0 Å². The number of amides is 1. The maximum atomic E-state index is 11.5. The van der Waals surface area contributed by atoms with Crippen molar-refractivity contribution in [3.8, 4) is 0 Å². The number of benzene rings is 1. The molecule has 1 aromatic heterocycles. The summed E-state index contributed by atoms with van der Waals surface area (Å²) in [5, 5.41) is 12.2. The Hall–Kier alpha value is -1.81. The predicted molar refractivity (Wildman–Crippen MR) is 64.8 cm³/mol. The lowest BCUT2D eigenvalue weighted by molar-refractivity contribution is -0.120. The highest BCUT2D eigenvalue weighted by Crippen LogP contribution is 2.22. The van der Waals surface area contributed by atoms with Gasteiger partial charge in [0.1, 0.15) is 5.58 Å². The Morgan fingerprint density at radius 2 is 2.29 bits per heavy atom. The third-order valence-corrected chi connectivity index (χ3v) is 2.59. The Morgan fingerprint density at radius 1 is 1.47 bits per heavy atom. The Labute approximate surface area is 99.2 Å². The van der Waals surface area contributed by atoms with Gasteiger partial charge in [-0.05, 0) is 19.1 Å². The molecule has 0 fully saturated rings. The third-order valence-electron chi connectivity index (χ3n) is 2.59. The number of hydrogen-bond acceptors (Lipinski definition) is 3. The van der Waals surface area contributed by atoms with Crippen LogP contribution in [-0.2, 0) is 11.2 Å². The van der Waals surface area contributed by atoms with Crippen LogP contribution in [-0.4, -0.2) is 24.2 Å². The molecular formula is C13H15NO3. The highest BCUT2D eigenvalue weighted by atomic mass is 16.3. The summed E-state index contributed by atoms with van der Waals surface area (Å²) in [5.41, 5.74) is 2.80. The van der Waals surface area contributed by atoms with E-state index < -0.39 is 0 Å². The molecule has 1 aromatic carbocycles. The van der Waals surface area contributed by atoms with Crippen molar-refractivity contribution in [3.05, 3.63) is 35.6 Å². The number of nitrogens with one attached hydrogen (secondary N) is 1. The molecule has 4 heteroatoms. The van der Waals surface area contributed by atoms with Crippen molar-refractivity contribution in [1.82, 2.24) is 5.32 Å². The van der Waals surface area contributed by atoms with Gasteiger partial charge >= 0.3 is 0 Å². The second kappa shape index (κ2) is 5.01. The molecule has 4 nitrogen and oxygen atoms in total. The first-order valence-corrected chi connectivity index (χ1v) is 5.55. The SMILES string of the molecule is Cc1ccc2occ(CC(=O)NCCO)c2c1. The largest absolute Gasteiger partial charge is 0.464 e. The lowest BCUT2D eigenvalue weighted by Gasteiger charge is -2.01. The summed E-state index contributed by atoms with van der Waals surface area (Å²) in [7, 11) is 0. The Kier molecular flexibility index (Phi) is 3.44. The molecule has 0 bridgehead atoms. The van der Waals surface area contributed by atoms with Gasteiger partial charge in [-0.1, -0.05) is 11.6 Å². The monoisotopic (exact) mass is 233 g/mol. The van der Waals surface area contributed by atoms with Crippen molar-refractivity contribution < 1.29 is 14.3 Å². The molecule has 0 atom stereocenters. The highest BCUT2D eigenvalue weighted by Gasteiger charge is 2.09. The molecule has 90 valence electrons. The molecule has 0 spiro atoms. The van der Waals surface area contributed by atoms with E-state index in [4.69, 9.17) is 9.52 Å². The van der Waals surface area contributed by atoms with Gasteiger partial charge in [0.05, 0.1) is 19.3 Å². The van der Waals surface area contributed by atoms with Crippen LogP contribution in [0.1, 0.15) is 11.1 Å². The van der Waals surface area contributed by atoms with E-state index in [1.54, 1.807) is 6.26 Å². The van der Waals surface area contributed by atoms with Gasteiger partial charge < -0.3 is 14.8 Å². The number of aryl methyl sites for hydroxylation is 1. The van der Waals surface area contributed by atoms with E-state index in [0.29, 0.717) is 0 Å². The molecule has 1 amide bonds. The fourth-order valence-corrected chi connectivity index (χ4v) is 1.76. The van der Waals surface area contributed by atoms with E-state index in [1.807, 2.05) is 25.1 Å². The molecule has 2 rings (SSSR count). The van der Waals surface area contributed by atoms with Crippen molar-refractivity contribution in [2.45, 2.75) is 13.3 Å². The Bertz CT molecular complexity index is 530. The van der Waals surface area contributed by atoms with Crippen molar-refractivity contribution in [3.63, 3.8) is 0 Å². The van der Waals surface area contributed by atoms with Crippen LogP contribution >= 0.6 is 0 Å². The van der Waals surface area contributed by atoms with Crippen molar-refractivity contribution in [2.75, 3.05) is 13.2 Å². The summed E-state index contributed by atoms with van der Waals surface area (Å²) in [6, 6.07) is 5.88. The number of carbonyl (C=O) groups is 1. The standard InChI is InChI=1S/C13H15NO3/c1-9-2-3-12-11(6-9)10(8-17-12)7-13(16)14-4-5-15/h2-3,6,8,15H,4-5,7H2,1H3,(H,14,16). The minimum Gasteiger partial charge on any atom is -0.464 e. The zero-order valence-corrected chi connectivity index (χ0v) is 9.69. The van der Waals surface area contributed by atoms with Gasteiger partial charge in [0, 0.05) is 17.5 Å². The summed E-state index contributed by atoms with van der Waals surface area (Å²) >= 11 is 0. The summed E-state index contributed by atoms with van der Waals surface area (Å²) in [5.74, 6) is -0.108. The van der Waals surface area contributed by atoms with Crippen LogP contribution in [0.5, 0.6) is 0 Å². The average Bonchev–Trinajstić information content (AvgIpc) is 2.69. The van der Waals surface area contributed by atoms with Crippen LogP contribution in [0.4, 0.5) is 0 Å². The summed E-state index contributed by atoms with van der Waals surface area (Å²) in [6.07, 6.45) is 1.89. The quantitative estimate of drug-likeness (QED) is 0.838. The summed E-state index contributed by atoms with van der Waals surface area (Å²) < 4.78 is 5.38. The number of hydrogen-bond donors (Lipinski definition) is 2. The van der Waals surface area contributed by atoms with Gasteiger partial charge in [-0.3, -0.25) is 4.79 Å². The molecule has 0 unspecified atom stereocenters. The first kappa shape index (κ1) is 11.7. The second-order valence-electron chi connectivity index (χ2n) is 4.01. The molecular weight excluding hydrogens is 218 g/mol. The fourth-order valence-electron chi connectivity index (χ4n) is 1.76. The maximum Gasteiger partial charge on any atom is 0.224 e. The molecule has 0 radical (unpaired) electrons. The topological polar surface area (TPSA) is 62.5 Å². The van der Waals surface area contributed by atoms with E-state index >= 15 is 0 Å². The van der Waals surface area contributed by atoms with E-state index in [1.165, 1.54) is 0 Å². The van der Waals surface area contributed by atoms with Gasteiger partial charge in [0.25, 0.3) is 0 Å². The van der Waals surface area contributed by atoms with Crippen LogP contribution in [0.3, 0.4) is 0 Å². The molecule has 17 heavy (non-hydrogen) atoms. The van der Waals surface area contributed by atoms with Crippen LogP contribution < -0.4 is 5.32 Å². The summed E-state index contributed by atoms with van der Waals surface area (Å²) in [6.45, 7) is 2.24. The average molecular weight is 233 g/mol. The Morgan fingerprint density at radius 3 is 3.06 bits per heavy atom. The normalized spacial score (nSPS) is 10.7. The van der Waals surface area contributed by atoms with Crippen molar-refractivity contribution in [1.29, 1.82) is 0 Å². The molecule has 0 aliphatic heterocycles. The molecule has 2 N–H and O–H groups in total. The number of fused-ring (bicyclic) bond motifs is 1. The van der Waals surface area contributed by atoms with Gasteiger partial charge in [-0.15, -0.1) is 0 Å². The second-order valence-corrected chi connectivity index (χ2v) is 4.01. The minimum atomic E-state index is -0.108. The van der Waals surface area contributed by atoms with E-state index in [9.17, 15) is 4.79 Å². The number of carbonyl (C=O) groups excluding carboxylic acids is 1. The van der Waals surface area contributed by atoms with Crippen molar-refractivity contribution in [2.24, 2.45) is 0 Å². The number of furan rings is 1. The smallest absolute Gasteiger partial charge is 0.224 e. The maximum absolute atomic E-state index is 11.5. The molecule has 0 aliphatic carbocycles. The fraction of sp³-hybridized carbons (Fsp3) is 0.308. The van der Waals surface area contributed by atoms with E-state index in [-0.39, 0.29) is 25.5 Å². The van der Waals surface area contributed by atoms with Gasteiger partial charge in [0.2, 0.25) is 5.91 Å². The molecule has 0 saturated carbocycles. The van der Waals surface area contributed by atoms with E-state index in [2.05, 4.69) is 5.32 Å². The third kappa shape index (κ3) is 2.65. The lowest BCUT2D eigenvalue weighted by atomic mass is 10.1. The highest BCUT2D eigenvalue weighted by molar-refractivity contribution is 5.87. The van der Waals surface area contributed by atoms with Crippen molar-refractivity contribution >= 4 is 16.9 Å². The minimum absolute atomic E-state index is 0.0447. The van der Waals surface area contributed by atoms with Crippen LogP contribution in [0, 0.1) is 6.92 Å². The van der Waals surface area contributed by atoms with Crippen LogP contribution in [0.2, 0.25) is 0 Å². The number of rotatable bonds is 4. The number of aliphatic hydroxyl groups is 1. The van der Waals surface area contributed by atoms with Crippen LogP contribution in [0.15, 0.2) is 28.9 Å². The van der Waals surface area contributed by atoms with Gasteiger partial charge in [-0.25, -0.2) is 0 Å². The molecule has 1 heterocycles. The number of aliphatic hydroxyl groups excluding tert-OH is 1. The summed E-state index contributed by atoms with van der Waals surface area (Å²) in [4.78, 5) is 11.5. The molecule has 2 aromatic rings. The molecule has 0 aliphatic rings. The molecule has 0 saturated heterocycles. The predicted octanol–water partition coefficient (Wildman–Crippen LogP) is 1.39. The van der Waals surface area contributed by atoms with Gasteiger partial charge in [0.15, 0.2) is 0 Å². The van der Waals surface area contributed by atoms with E-state index in [0.717, 1.165) is 22.1 Å². The zero-order chi connectivity index (χ0) is 12.3. The Balaban J connectivity index is 2.18. The zero-order valence-electron chi connectivity index (χ0n) is 9.69. The lowest BCUT2D eigenvalue weighted by Crippen LogP contribution is -2.27. The first-order valence-electron chi connectivity index (χ1n) is 5.55.